The molecule has 0 aromatic carbocycles. The number of aliphatic imine (C=N–C) groups is 1. The Morgan fingerprint density at radius 2 is 2.24 bits per heavy atom. The molecular weight excluding hydrogens is 226 g/mol. The molecule has 5 heteroatoms. The van der Waals surface area contributed by atoms with E-state index >= 15 is 0 Å². The normalized spacial score (nSPS) is 12.9. The zero-order valence-electron chi connectivity index (χ0n) is 9.31. The summed E-state index contributed by atoms with van der Waals surface area (Å²) in [5, 5.41) is 0. The second-order valence-electron chi connectivity index (χ2n) is 3.36. The first-order chi connectivity index (χ1) is 8.08. The van der Waals surface area contributed by atoms with Crippen molar-refractivity contribution in [1.82, 2.24) is 4.57 Å². The predicted molar refractivity (Wildman–Crippen MR) is 63.4 cm³/mol. The van der Waals surface area contributed by atoms with Crippen molar-refractivity contribution in [2.75, 3.05) is 0 Å². The van der Waals surface area contributed by atoms with Gasteiger partial charge in [0.05, 0.1) is 0 Å². The molecule has 0 amide bonds. The van der Waals surface area contributed by atoms with Gasteiger partial charge in [-0.15, -0.1) is 0 Å². The van der Waals surface area contributed by atoms with Crippen LogP contribution in [0.3, 0.4) is 0 Å². The van der Waals surface area contributed by atoms with Gasteiger partial charge in [-0.05, 0) is 31.4 Å². The highest BCUT2D eigenvalue weighted by molar-refractivity contribution is 5.75. The molecule has 1 aromatic rings. The summed E-state index contributed by atoms with van der Waals surface area (Å²) in [6, 6.07) is 1.59. The summed E-state index contributed by atoms with van der Waals surface area (Å²) in [6.45, 7) is 4.68. The Balaban J connectivity index is 2.99. The molecule has 0 atom stereocenters. The second kappa shape index (κ2) is 5.89. The third-order valence-electron chi connectivity index (χ3n) is 2.12. The number of carbonyl (C=O) groups excluding carboxylic acids is 1. The Bertz CT molecular complexity index is 473. The Labute approximate surface area is 97.8 Å². The number of allylic oxidation sites excluding steroid dienone is 3. The molecule has 17 heavy (non-hydrogen) atoms. The maximum absolute atomic E-state index is 12.2. The Hall–Kier alpha value is -2.04. The molecule has 0 bridgehead atoms. The van der Waals surface area contributed by atoms with E-state index in [2.05, 4.69) is 11.7 Å². The molecular formula is C12H12F2N2O. The highest BCUT2D eigenvalue weighted by Gasteiger charge is 2.04. The lowest BCUT2D eigenvalue weighted by Gasteiger charge is -2.01. The van der Waals surface area contributed by atoms with Crippen molar-refractivity contribution in [3.8, 4) is 0 Å². The van der Waals surface area contributed by atoms with Crippen LogP contribution in [-0.2, 0) is 0 Å². The van der Waals surface area contributed by atoms with Crippen LogP contribution in [0.15, 0.2) is 41.2 Å². The number of hydrogen-bond donors (Lipinski definition) is 0. The van der Waals surface area contributed by atoms with Crippen LogP contribution >= 0.6 is 0 Å². The van der Waals surface area contributed by atoms with Crippen LogP contribution in [0, 0.1) is 0 Å². The molecule has 0 saturated carbocycles. The molecule has 0 N–H and O–H groups in total. The smallest absolute Gasteiger partial charge is 0.259 e. The summed E-state index contributed by atoms with van der Waals surface area (Å²) in [6.07, 6.45) is 4.04. The number of halogens is 2. The topological polar surface area (TPSA) is 34.4 Å². The summed E-state index contributed by atoms with van der Waals surface area (Å²) < 4.78 is 26.0. The van der Waals surface area contributed by atoms with E-state index in [1.165, 1.54) is 23.6 Å². The maximum Gasteiger partial charge on any atom is 0.259 e. The average Bonchev–Trinajstić information content (AvgIpc) is 2.78. The Kier molecular flexibility index (Phi) is 4.51. The van der Waals surface area contributed by atoms with Crippen LogP contribution < -0.4 is 0 Å². The van der Waals surface area contributed by atoms with Gasteiger partial charge in [0.25, 0.3) is 6.43 Å². The van der Waals surface area contributed by atoms with Gasteiger partial charge in [0.1, 0.15) is 5.82 Å². The van der Waals surface area contributed by atoms with Gasteiger partial charge in [0.15, 0.2) is 6.29 Å². The molecule has 1 aromatic heterocycles. The van der Waals surface area contributed by atoms with E-state index in [1.54, 1.807) is 18.5 Å². The third kappa shape index (κ3) is 3.48. The van der Waals surface area contributed by atoms with E-state index in [0.29, 0.717) is 17.7 Å². The number of hydrogen-bond acceptors (Lipinski definition) is 2. The molecule has 3 nitrogen and oxygen atoms in total. The lowest BCUT2D eigenvalue weighted by molar-refractivity contribution is 0.112. The van der Waals surface area contributed by atoms with Gasteiger partial charge in [-0.2, -0.15) is 0 Å². The monoisotopic (exact) mass is 238 g/mol. The first-order valence-electron chi connectivity index (χ1n) is 4.85. The summed E-state index contributed by atoms with van der Waals surface area (Å²) in [5.74, 6) is 0.373. The van der Waals surface area contributed by atoms with Crippen LogP contribution in [0.4, 0.5) is 8.78 Å². The van der Waals surface area contributed by atoms with Crippen LogP contribution in [0.1, 0.15) is 17.3 Å². The van der Waals surface area contributed by atoms with Crippen LogP contribution in [0.5, 0.6) is 0 Å². The van der Waals surface area contributed by atoms with Crippen molar-refractivity contribution < 1.29 is 13.6 Å². The molecule has 0 spiro atoms. The third-order valence-corrected chi connectivity index (χ3v) is 2.12. The molecule has 0 radical (unpaired) electrons. The van der Waals surface area contributed by atoms with Crippen LogP contribution in [0.2, 0.25) is 0 Å². The van der Waals surface area contributed by atoms with Gasteiger partial charge in [0, 0.05) is 18.0 Å². The lowest BCUT2D eigenvalue weighted by atomic mass is 10.3. The average molecular weight is 238 g/mol. The molecule has 0 fully saturated rings. The zero-order valence-corrected chi connectivity index (χ0v) is 9.31. The first-order valence-corrected chi connectivity index (χ1v) is 4.85. The number of alkyl halides is 2. The summed E-state index contributed by atoms with van der Waals surface area (Å²) in [4.78, 5) is 14.2. The van der Waals surface area contributed by atoms with Crippen molar-refractivity contribution in [2.45, 2.75) is 13.3 Å². The highest BCUT2D eigenvalue weighted by Crippen LogP contribution is 2.12. The number of nitrogens with zero attached hydrogens (tertiary/aromatic N) is 2. The van der Waals surface area contributed by atoms with Crippen LogP contribution in [-0.4, -0.2) is 24.0 Å². The minimum Gasteiger partial charge on any atom is -0.308 e. The van der Waals surface area contributed by atoms with Gasteiger partial charge in [-0.25, -0.2) is 13.8 Å². The zero-order chi connectivity index (χ0) is 12.8. The molecule has 1 rings (SSSR count). The van der Waals surface area contributed by atoms with E-state index in [4.69, 9.17) is 0 Å². The fourth-order valence-electron chi connectivity index (χ4n) is 1.12. The van der Waals surface area contributed by atoms with E-state index < -0.39 is 6.43 Å². The van der Waals surface area contributed by atoms with E-state index in [1.807, 2.05) is 0 Å². The number of carbonyl (C=O) groups is 1. The van der Waals surface area contributed by atoms with Crippen LogP contribution in [0.25, 0.3) is 5.82 Å². The fourth-order valence-corrected chi connectivity index (χ4v) is 1.12. The fraction of sp³-hybridized carbons (Fsp3) is 0.167. The van der Waals surface area contributed by atoms with Crippen molar-refractivity contribution in [2.24, 2.45) is 4.99 Å². The minimum atomic E-state index is -2.49. The second-order valence-corrected chi connectivity index (χ2v) is 3.36. The predicted octanol–water partition coefficient (Wildman–Crippen LogP) is 3.01. The number of aromatic nitrogens is 1. The van der Waals surface area contributed by atoms with Gasteiger partial charge >= 0.3 is 0 Å². The molecule has 0 aliphatic rings. The van der Waals surface area contributed by atoms with Crippen molar-refractivity contribution in [1.29, 1.82) is 0 Å². The molecule has 0 aliphatic heterocycles. The standard InChI is InChI=1S/C12H12F2N2O/c1-9(12(13)14)3-4-11(15-2)16-6-5-10(7-16)8-17/h3-8,12H,2H2,1H3/b9-3+,11-4+. The van der Waals surface area contributed by atoms with Crippen molar-refractivity contribution in [3.05, 3.63) is 41.7 Å². The Morgan fingerprint density at radius 3 is 2.71 bits per heavy atom. The largest absolute Gasteiger partial charge is 0.308 e. The lowest BCUT2D eigenvalue weighted by Crippen LogP contribution is -1.93. The van der Waals surface area contributed by atoms with E-state index in [-0.39, 0.29) is 5.57 Å². The Morgan fingerprint density at radius 1 is 1.53 bits per heavy atom. The molecule has 1 heterocycles. The molecule has 0 unspecified atom stereocenters. The van der Waals surface area contributed by atoms with Gasteiger partial charge < -0.3 is 4.57 Å². The summed E-state index contributed by atoms with van der Waals surface area (Å²) in [5.41, 5.74) is 0.419. The first kappa shape index (κ1) is 13.0. The molecule has 90 valence electrons. The van der Waals surface area contributed by atoms with Gasteiger partial charge in [0.2, 0.25) is 0 Å². The SMILES string of the molecule is C=N/C(=C\C=C(/C)C(F)F)n1ccc(C=O)c1. The van der Waals surface area contributed by atoms with Crippen molar-refractivity contribution in [3.63, 3.8) is 0 Å². The molecule has 0 aliphatic carbocycles. The van der Waals surface area contributed by atoms with Crippen molar-refractivity contribution >= 4 is 18.8 Å². The number of aldehydes is 1. The van der Waals surface area contributed by atoms with E-state index in [9.17, 15) is 13.6 Å². The van der Waals surface area contributed by atoms with Gasteiger partial charge in [-0.1, -0.05) is 6.08 Å². The highest BCUT2D eigenvalue weighted by atomic mass is 19.3. The minimum absolute atomic E-state index is 0.0612. The summed E-state index contributed by atoms with van der Waals surface area (Å²) >= 11 is 0. The number of rotatable bonds is 5. The molecule has 0 saturated heterocycles. The van der Waals surface area contributed by atoms with E-state index in [0.717, 1.165) is 0 Å². The quantitative estimate of drug-likeness (QED) is 0.441. The summed E-state index contributed by atoms with van der Waals surface area (Å²) in [7, 11) is 0. The van der Waals surface area contributed by atoms with Gasteiger partial charge in [-0.3, -0.25) is 4.79 Å². The maximum atomic E-state index is 12.2.